The number of nitrogens with one attached hydrogen (secondary N) is 1. The Labute approximate surface area is 212 Å². The molecule has 1 N–H and O–H groups in total. The van der Waals surface area contributed by atoms with Crippen LogP contribution in [0, 0.1) is 6.92 Å². The number of hydrogen-bond donors (Lipinski definition) is 1. The summed E-state index contributed by atoms with van der Waals surface area (Å²) in [6.45, 7) is 2.47. The Morgan fingerprint density at radius 2 is 1.78 bits per heavy atom. The van der Waals surface area contributed by atoms with E-state index >= 15 is 0 Å². The van der Waals surface area contributed by atoms with E-state index in [1.54, 1.807) is 18.7 Å². The van der Waals surface area contributed by atoms with Gasteiger partial charge in [0.05, 0.1) is 18.6 Å². The Morgan fingerprint density at radius 1 is 1.00 bits per heavy atom. The Kier molecular flexibility index (Phi) is 7.09. The van der Waals surface area contributed by atoms with Crippen molar-refractivity contribution < 1.29 is 13.9 Å². The molecule has 36 heavy (non-hydrogen) atoms. The van der Waals surface area contributed by atoms with Crippen LogP contribution >= 0.6 is 11.8 Å². The quantitative estimate of drug-likeness (QED) is 0.257. The predicted molar refractivity (Wildman–Crippen MR) is 138 cm³/mol. The fourth-order valence-electron chi connectivity index (χ4n) is 3.48. The summed E-state index contributed by atoms with van der Waals surface area (Å²) in [5.74, 6) is 2.90. The minimum atomic E-state index is -0.150. The smallest absolute Gasteiger partial charge is 0.234 e. The molecule has 2 aromatic carbocycles. The van der Waals surface area contributed by atoms with Crippen molar-refractivity contribution in [2.24, 2.45) is 0 Å². The minimum absolute atomic E-state index is 0.150. The second-order valence-electron chi connectivity index (χ2n) is 7.99. The number of furan rings is 1. The lowest BCUT2D eigenvalue weighted by molar-refractivity contribution is -0.113. The highest BCUT2D eigenvalue weighted by atomic mass is 32.2. The molecule has 9 heteroatoms. The standard InChI is InChI=1S/C27H23N5O3S/c1-19-6-10-22(11-7-19)35-23-12-8-21(9-13-23)29-25(33)18-36-27-31-30-26(20-4-2-14-28-16-20)32(27)17-24-5-3-15-34-24/h2-16H,17-18H2,1H3,(H,29,33). The van der Waals surface area contributed by atoms with Crippen LogP contribution in [0.15, 0.2) is 101 Å². The lowest BCUT2D eigenvalue weighted by Gasteiger charge is -2.10. The van der Waals surface area contributed by atoms with Crippen molar-refractivity contribution in [3.05, 3.63) is 103 Å². The largest absolute Gasteiger partial charge is 0.467 e. The number of amides is 1. The number of hydrogen-bond acceptors (Lipinski definition) is 7. The van der Waals surface area contributed by atoms with Gasteiger partial charge in [-0.25, -0.2) is 0 Å². The van der Waals surface area contributed by atoms with Crippen molar-refractivity contribution in [3.63, 3.8) is 0 Å². The molecule has 8 nitrogen and oxygen atoms in total. The summed E-state index contributed by atoms with van der Waals surface area (Å²) in [6, 6.07) is 22.6. The average molecular weight is 498 g/mol. The molecule has 0 aliphatic heterocycles. The summed E-state index contributed by atoms with van der Waals surface area (Å²) in [5, 5.41) is 12.2. The fourth-order valence-corrected chi connectivity index (χ4v) is 4.22. The van der Waals surface area contributed by atoms with Gasteiger partial charge in [0.15, 0.2) is 11.0 Å². The molecule has 0 spiro atoms. The van der Waals surface area contributed by atoms with Crippen molar-refractivity contribution in [2.45, 2.75) is 18.6 Å². The van der Waals surface area contributed by atoms with Gasteiger partial charge in [-0.3, -0.25) is 14.3 Å². The fraction of sp³-hybridized carbons (Fsp3) is 0.111. The van der Waals surface area contributed by atoms with Crippen LogP contribution in [0.1, 0.15) is 11.3 Å². The van der Waals surface area contributed by atoms with Gasteiger partial charge in [0.1, 0.15) is 17.3 Å². The number of carbonyl (C=O) groups excluding carboxylic acids is 1. The van der Waals surface area contributed by atoms with Crippen molar-refractivity contribution in [3.8, 4) is 22.9 Å². The second-order valence-corrected chi connectivity index (χ2v) is 8.93. The van der Waals surface area contributed by atoms with Crippen LogP contribution in [0.5, 0.6) is 11.5 Å². The van der Waals surface area contributed by atoms with E-state index in [-0.39, 0.29) is 11.7 Å². The number of nitrogens with zero attached hydrogens (tertiary/aromatic N) is 4. The highest BCUT2D eigenvalue weighted by Crippen LogP contribution is 2.26. The third-order valence-corrected chi connectivity index (χ3v) is 6.22. The summed E-state index contributed by atoms with van der Waals surface area (Å²) in [4.78, 5) is 16.8. The molecule has 0 saturated carbocycles. The number of aryl methyl sites for hydroxylation is 1. The first-order valence-corrected chi connectivity index (χ1v) is 12.3. The number of rotatable bonds is 9. The van der Waals surface area contributed by atoms with Crippen LogP contribution < -0.4 is 10.1 Å². The van der Waals surface area contributed by atoms with Crippen molar-refractivity contribution in [2.75, 3.05) is 11.1 Å². The van der Waals surface area contributed by atoms with Gasteiger partial charge in [0.2, 0.25) is 5.91 Å². The van der Waals surface area contributed by atoms with E-state index in [0.717, 1.165) is 17.1 Å². The third kappa shape index (κ3) is 5.81. The number of anilines is 1. The molecule has 3 heterocycles. The van der Waals surface area contributed by atoms with Gasteiger partial charge >= 0.3 is 0 Å². The first-order chi connectivity index (χ1) is 17.6. The zero-order valence-corrected chi connectivity index (χ0v) is 20.3. The molecule has 0 aliphatic rings. The summed E-state index contributed by atoms with van der Waals surface area (Å²) in [7, 11) is 0. The normalized spacial score (nSPS) is 10.8. The average Bonchev–Trinajstić information content (AvgIpc) is 3.56. The molecule has 0 aliphatic carbocycles. The number of thioether (sulfide) groups is 1. The molecule has 0 atom stereocenters. The third-order valence-electron chi connectivity index (χ3n) is 5.26. The van der Waals surface area contributed by atoms with Gasteiger partial charge in [-0.2, -0.15) is 0 Å². The first kappa shape index (κ1) is 23.4. The molecule has 180 valence electrons. The monoisotopic (exact) mass is 497 g/mol. The maximum absolute atomic E-state index is 12.6. The van der Waals surface area contributed by atoms with Crippen molar-refractivity contribution in [1.82, 2.24) is 19.7 Å². The number of ether oxygens (including phenoxy) is 1. The molecule has 3 aromatic heterocycles. The Bertz CT molecular complexity index is 1420. The highest BCUT2D eigenvalue weighted by molar-refractivity contribution is 7.99. The van der Waals surface area contributed by atoms with Crippen molar-refractivity contribution >= 4 is 23.4 Å². The molecular formula is C27H23N5O3S. The van der Waals surface area contributed by atoms with Crippen LogP contribution in [0.4, 0.5) is 5.69 Å². The Balaban J connectivity index is 1.22. The molecule has 0 unspecified atom stereocenters. The molecule has 0 bridgehead atoms. The Morgan fingerprint density at radius 3 is 2.47 bits per heavy atom. The van der Waals surface area contributed by atoms with E-state index < -0.39 is 0 Å². The zero-order chi connectivity index (χ0) is 24.7. The molecule has 5 rings (SSSR count). The van der Waals surface area contributed by atoms with Crippen LogP contribution in [0.25, 0.3) is 11.4 Å². The number of carbonyl (C=O) groups is 1. The van der Waals surface area contributed by atoms with Gasteiger partial charge in [-0.15, -0.1) is 10.2 Å². The SMILES string of the molecule is Cc1ccc(Oc2ccc(NC(=O)CSc3nnc(-c4cccnc4)n3Cc3ccco3)cc2)cc1. The maximum Gasteiger partial charge on any atom is 0.234 e. The Hall–Kier alpha value is -4.37. The molecule has 0 saturated heterocycles. The van der Waals surface area contributed by atoms with Gasteiger partial charge in [-0.1, -0.05) is 29.5 Å². The van der Waals surface area contributed by atoms with Crippen LogP contribution in [-0.4, -0.2) is 31.4 Å². The first-order valence-electron chi connectivity index (χ1n) is 11.3. The van der Waals surface area contributed by atoms with Gasteiger partial charge in [0, 0.05) is 23.6 Å². The van der Waals surface area contributed by atoms with Gasteiger partial charge in [-0.05, 0) is 67.6 Å². The minimum Gasteiger partial charge on any atom is -0.467 e. The summed E-state index contributed by atoms with van der Waals surface area (Å²) in [5.41, 5.74) is 2.69. The number of aromatic nitrogens is 4. The molecule has 5 aromatic rings. The lowest BCUT2D eigenvalue weighted by atomic mass is 10.2. The molecular weight excluding hydrogens is 474 g/mol. The second kappa shape index (κ2) is 10.9. The maximum atomic E-state index is 12.6. The van der Waals surface area contributed by atoms with Crippen LogP contribution in [0.2, 0.25) is 0 Å². The van der Waals surface area contributed by atoms with Crippen LogP contribution in [-0.2, 0) is 11.3 Å². The predicted octanol–water partition coefficient (Wildman–Crippen LogP) is 5.81. The van der Waals surface area contributed by atoms with Crippen molar-refractivity contribution in [1.29, 1.82) is 0 Å². The lowest BCUT2D eigenvalue weighted by Crippen LogP contribution is -2.14. The molecule has 1 amide bonds. The van der Waals surface area contributed by atoms with E-state index in [9.17, 15) is 4.79 Å². The van der Waals surface area contributed by atoms with E-state index in [0.29, 0.717) is 29.0 Å². The number of pyridine rings is 1. The van der Waals surface area contributed by atoms with E-state index in [4.69, 9.17) is 9.15 Å². The van der Waals surface area contributed by atoms with E-state index in [1.807, 2.05) is 84.3 Å². The van der Waals surface area contributed by atoms with E-state index in [2.05, 4.69) is 20.5 Å². The highest BCUT2D eigenvalue weighted by Gasteiger charge is 2.17. The summed E-state index contributed by atoms with van der Waals surface area (Å²) in [6.07, 6.45) is 5.06. The zero-order valence-electron chi connectivity index (χ0n) is 19.5. The summed E-state index contributed by atoms with van der Waals surface area (Å²) < 4.78 is 13.3. The van der Waals surface area contributed by atoms with E-state index in [1.165, 1.54) is 17.3 Å². The van der Waals surface area contributed by atoms with Gasteiger partial charge < -0.3 is 14.5 Å². The molecule has 0 fully saturated rings. The topological polar surface area (TPSA) is 95.1 Å². The van der Waals surface area contributed by atoms with Crippen LogP contribution in [0.3, 0.4) is 0 Å². The summed E-state index contributed by atoms with van der Waals surface area (Å²) >= 11 is 1.31. The number of benzene rings is 2. The van der Waals surface area contributed by atoms with Gasteiger partial charge in [0.25, 0.3) is 0 Å². The molecule has 0 radical (unpaired) electrons.